The molecule has 2 aromatic heterocycles. The number of aromatic nitrogens is 2. The third-order valence-corrected chi connectivity index (χ3v) is 7.53. The monoisotopic (exact) mass is 587 g/mol. The molecular formula is C42H41N3. The van der Waals surface area contributed by atoms with E-state index in [1.54, 1.807) is 0 Å². The molecule has 3 heteroatoms. The van der Waals surface area contributed by atoms with E-state index in [4.69, 9.17) is 0 Å². The van der Waals surface area contributed by atoms with Gasteiger partial charge in [-0.1, -0.05) is 106 Å². The first-order valence-electron chi connectivity index (χ1n) is 15.7. The fourth-order valence-electron chi connectivity index (χ4n) is 5.41. The van der Waals surface area contributed by atoms with Gasteiger partial charge in [0.05, 0.1) is 16.7 Å². The van der Waals surface area contributed by atoms with Crippen molar-refractivity contribution in [3.8, 4) is 16.9 Å². The van der Waals surface area contributed by atoms with Crippen LogP contribution in [0.4, 0.5) is 11.4 Å². The van der Waals surface area contributed by atoms with Gasteiger partial charge in [-0.2, -0.15) is 0 Å². The third kappa shape index (κ3) is 6.73. The van der Waals surface area contributed by atoms with E-state index in [9.17, 15) is 0 Å². The summed E-state index contributed by atoms with van der Waals surface area (Å²) in [5.74, 6) is 0. The maximum absolute atomic E-state index is 4.51. The topological polar surface area (TPSA) is 29.9 Å². The van der Waals surface area contributed by atoms with Crippen LogP contribution in [-0.4, -0.2) is 9.55 Å². The molecule has 0 bridgehead atoms. The Bertz CT molecular complexity index is 2030. The number of anilines is 2. The molecule has 0 saturated heterocycles. The van der Waals surface area contributed by atoms with Crippen LogP contribution in [0.15, 0.2) is 146 Å². The van der Waals surface area contributed by atoms with Gasteiger partial charge in [0.2, 0.25) is 0 Å². The van der Waals surface area contributed by atoms with E-state index in [0.717, 1.165) is 33.9 Å². The molecule has 7 rings (SSSR count). The SMILES string of the molecule is C/C=C\C.C=Cc1c(Nc2ccccc2)ccc2cc3c(cc12)c1ccccc1n3-c1ccc(-c2ccccn2)cc1.CCC. The summed E-state index contributed by atoms with van der Waals surface area (Å²) >= 11 is 0. The molecule has 0 saturated carbocycles. The first-order chi connectivity index (χ1) is 22.1. The number of fused-ring (bicyclic) bond motifs is 4. The summed E-state index contributed by atoms with van der Waals surface area (Å²) in [5.41, 5.74) is 8.79. The molecule has 7 aromatic rings. The Morgan fingerprint density at radius 3 is 2.04 bits per heavy atom. The molecule has 2 heterocycles. The molecule has 0 aliphatic rings. The predicted octanol–water partition coefficient (Wildman–Crippen LogP) is 12.4. The van der Waals surface area contributed by atoms with E-state index in [1.165, 1.54) is 39.0 Å². The Balaban J connectivity index is 0.000000523. The Labute approximate surface area is 267 Å². The molecule has 0 aliphatic carbocycles. The van der Waals surface area contributed by atoms with Crippen molar-refractivity contribution in [3.05, 3.63) is 152 Å². The lowest BCUT2D eigenvalue weighted by Gasteiger charge is -2.14. The quantitative estimate of drug-likeness (QED) is 0.203. The molecule has 0 radical (unpaired) electrons. The van der Waals surface area contributed by atoms with Crippen LogP contribution in [0, 0.1) is 0 Å². The normalized spacial score (nSPS) is 10.8. The molecule has 0 atom stereocenters. The van der Waals surface area contributed by atoms with Crippen molar-refractivity contribution in [1.82, 2.24) is 9.55 Å². The van der Waals surface area contributed by atoms with Gasteiger partial charge in [-0.3, -0.25) is 4.98 Å². The van der Waals surface area contributed by atoms with Crippen molar-refractivity contribution in [1.29, 1.82) is 0 Å². The van der Waals surface area contributed by atoms with Crippen LogP contribution in [0.2, 0.25) is 0 Å². The third-order valence-electron chi connectivity index (χ3n) is 7.53. The summed E-state index contributed by atoms with van der Waals surface area (Å²) in [5, 5.41) is 8.39. The maximum Gasteiger partial charge on any atom is 0.0701 e. The first kappa shape index (κ1) is 31.0. The fraction of sp³-hybridized carbons (Fsp3) is 0.119. The van der Waals surface area contributed by atoms with E-state index >= 15 is 0 Å². The van der Waals surface area contributed by atoms with Crippen molar-refractivity contribution in [3.63, 3.8) is 0 Å². The minimum absolute atomic E-state index is 0.976. The van der Waals surface area contributed by atoms with Gasteiger partial charge in [0, 0.05) is 45.2 Å². The average Bonchev–Trinajstić information content (AvgIpc) is 3.42. The van der Waals surface area contributed by atoms with Crippen molar-refractivity contribution >= 4 is 50.0 Å². The second kappa shape index (κ2) is 14.9. The number of hydrogen-bond donors (Lipinski definition) is 1. The van der Waals surface area contributed by atoms with Gasteiger partial charge in [0.15, 0.2) is 0 Å². The molecule has 0 spiro atoms. The Morgan fingerprint density at radius 2 is 1.38 bits per heavy atom. The Morgan fingerprint density at radius 1 is 0.689 bits per heavy atom. The van der Waals surface area contributed by atoms with Gasteiger partial charge in [0.1, 0.15) is 0 Å². The van der Waals surface area contributed by atoms with Gasteiger partial charge < -0.3 is 9.88 Å². The maximum atomic E-state index is 4.51. The number of para-hydroxylation sites is 2. The molecule has 5 aromatic carbocycles. The highest BCUT2D eigenvalue weighted by atomic mass is 15.0. The van der Waals surface area contributed by atoms with Crippen molar-refractivity contribution in [2.75, 3.05) is 5.32 Å². The van der Waals surface area contributed by atoms with Crippen LogP contribution in [0.5, 0.6) is 0 Å². The predicted molar refractivity (Wildman–Crippen MR) is 198 cm³/mol. The van der Waals surface area contributed by atoms with Crippen LogP contribution in [0.25, 0.3) is 55.6 Å². The van der Waals surface area contributed by atoms with Crippen LogP contribution in [0.1, 0.15) is 39.7 Å². The molecular weight excluding hydrogens is 546 g/mol. The van der Waals surface area contributed by atoms with Crippen LogP contribution < -0.4 is 5.32 Å². The lowest BCUT2D eigenvalue weighted by atomic mass is 9.99. The van der Waals surface area contributed by atoms with Crippen LogP contribution in [-0.2, 0) is 0 Å². The zero-order chi connectivity index (χ0) is 31.6. The molecule has 224 valence electrons. The fourth-order valence-corrected chi connectivity index (χ4v) is 5.41. The van der Waals surface area contributed by atoms with E-state index < -0.39 is 0 Å². The first-order valence-corrected chi connectivity index (χ1v) is 15.7. The summed E-state index contributed by atoms with van der Waals surface area (Å²) < 4.78 is 2.36. The van der Waals surface area contributed by atoms with Gasteiger partial charge in [-0.25, -0.2) is 0 Å². The van der Waals surface area contributed by atoms with E-state index in [1.807, 2.05) is 74.7 Å². The van der Waals surface area contributed by atoms with Gasteiger partial charge in [0.25, 0.3) is 0 Å². The lowest BCUT2D eigenvalue weighted by molar-refractivity contribution is 1.09. The number of pyridine rings is 1. The summed E-state index contributed by atoms with van der Waals surface area (Å²) in [7, 11) is 0. The molecule has 0 aliphatic heterocycles. The second-order valence-electron chi connectivity index (χ2n) is 10.8. The molecule has 3 nitrogen and oxygen atoms in total. The van der Waals surface area contributed by atoms with Gasteiger partial charge in [-0.15, -0.1) is 0 Å². The zero-order valence-electron chi connectivity index (χ0n) is 26.7. The largest absolute Gasteiger partial charge is 0.355 e. The number of nitrogens with zero attached hydrogens (tertiary/aromatic N) is 2. The summed E-state index contributed by atoms with van der Waals surface area (Å²) in [6, 6.07) is 42.5. The lowest BCUT2D eigenvalue weighted by Crippen LogP contribution is -1.95. The standard InChI is InChI=1S/C35H25N3.C4H8.C3H8/c1-2-28-30-23-31-29-12-6-7-14-34(29)38(27-18-15-24(16-19-27)32-13-8-9-21-36-32)35(31)22-25(30)17-20-33(28)37-26-10-4-3-5-11-26;1-3-4-2;1-3-2/h2-23,37H,1H2;3-4H,1-2H3;3H2,1-2H3/b;4-3-;. The van der Waals surface area contributed by atoms with E-state index in [-0.39, 0.29) is 0 Å². The van der Waals surface area contributed by atoms with E-state index in [0.29, 0.717) is 0 Å². The minimum atomic E-state index is 0.976. The average molecular weight is 588 g/mol. The molecule has 45 heavy (non-hydrogen) atoms. The van der Waals surface area contributed by atoms with E-state index in [2.05, 4.69) is 120 Å². The van der Waals surface area contributed by atoms with Gasteiger partial charge >= 0.3 is 0 Å². The summed E-state index contributed by atoms with van der Waals surface area (Å²) in [6.45, 7) is 12.4. The van der Waals surface area contributed by atoms with Crippen molar-refractivity contribution < 1.29 is 0 Å². The van der Waals surface area contributed by atoms with Crippen molar-refractivity contribution in [2.45, 2.75) is 34.1 Å². The second-order valence-corrected chi connectivity index (χ2v) is 10.8. The number of rotatable bonds is 5. The molecule has 0 fully saturated rings. The molecule has 0 unspecified atom stereocenters. The summed E-state index contributed by atoms with van der Waals surface area (Å²) in [6.07, 6.45) is 9.04. The Kier molecular flexibility index (Phi) is 10.2. The van der Waals surface area contributed by atoms with Gasteiger partial charge in [-0.05, 0) is 85.3 Å². The highest BCUT2D eigenvalue weighted by molar-refractivity contribution is 6.15. The van der Waals surface area contributed by atoms with Crippen LogP contribution >= 0.6 is 0 Å². The minimum Gasteiger partial charge on any atom is -0.355 e. The number of benzene rings is 5. The Hall–Kier alpha value is -5.41. The molecule has 0 amide bonds. The van der Waals surface area contributed by atoms with Crippen molar-refractivity contribution in [2.24, 2.45) is 0 Å². The van der Waals surface area contributed by atoms with Crippen LogP contribution in [0.3, 0.4) is 0 Å². The highest BCUT2D eigenvalue weighted by Gasteiger charge is 2.15. The number of allylic oxidation sites excluding steroid dienone is 2. The number of nitrogens with one attached hydrogen (secondary N) is 1. The smallest absolute Gasteiger partial charge is 0.0701 e. The highest BCUT2D eigenvalue weighted by Crippen LogP contribution is 2.38. The summed E-state index contributed by atoms with van der Waals surface area (Å²) in [4.78, 5) is 4.51. The number of hydrogen-bond acceptors (Lipinski definition) is 2. The molecule has 1 N–H and O–H groups in total. The zero-order valence-corrected chi connectivity index (χ0v) is 26.7.